The molecular formula is C27H35NO3S. The lowest BCUT2D eigenvalue weighted by Crippen LogP contribution is -2.47. The Kier molecular flexibility index (Phi) is 7.34. The number of nitrogens with zero attached hydrogens (tertiary/aromatic N) is 1. The predicted molar refractivity (Wildman–Crippen MR) is 129 cm³/mol. The van der Waals surface area contributed by atoms with E-state index in [9.17, 15) is 13.2 Å². The number of carbonyl (C=O) groups excluding carboxylic acids is 1. The third-order valence-corrected chi connectivity index (χ3v) is 8.88. The van der Waals surface area contributed by atoms with Gasteiger partial charge in [0.2, 0.25) is 5.91 Å². The van der Waals surface area contributed by atoms with Crippen molar-refractivity contribution in [3.63, 3.8) is 0 Å². The van der Waals surface area contributed by atoms with Crippen LogP contribution < -0.4 is 0 Å². The largest absolute Gasteiger partial charge is 0.342 e. The summed E-state index contributed by atoms with van der Waals surface area (Å²) in [6, 6.07) is 18.1. The highest BCUT2D eigenvalue weighted by Crippen LogP contribution is 2.34. The third-order valence-electron chi connectivity index (χ3n) is 7.13. The lowest BCUT2D eigenvalue weighted by atomic mass is 9.84. The van der Waals surface area contributed by atoms with Gasteiger partial charge in [-0.15, -0.1) is 0 Å². The van der Waals surface area contributed by atoms with Crippen molar-refractivity contribution in [2.75, 3.05) is 18.8 Å². The number of hydrogen-bond donors (Lipinski definition) is 0. The van der Waals surface area contributed by atoms with Gasteiger partial charge in [-0.05, 0) is 48.3 Å². The van der Waals surface area contributed by atoms with Crippen LogP contribution in [-0.4, -0.2) is 38.1 Å². The Labute approximate surface area is 192 Å². The molecule has 32 heavy (non-hydrogen) atoms. The molecule has 2 aromatic carbocycles. The van der Waals surface area contributed by atoms with Crippen molar-refractivity contribution in [1.29, 1.82) is 0 Å². The standard InChI is InChI=1S/C27H35NO3S/c1-2-21-12-14-24(15-13-21)26-16-23(17-28(18-26)27(29)25-10-6-7-11-25)20-32(30,31)19-22-8-4-3-5-9-22/h3-5,8-9,12-15,23,25-26H,2,6-7,10-11,16-20H2,1H3. The summed E-state index contributed by atoms with van der Waals surface area (Å²) >= 11 is 0. The first-order valence-corrected chi connectivity index (χ1v) is 13.9. The van der Waals surface area contributed by atoms with Crippen molar-refractivity contribution in [2.45, 2.75) is 57.1 Å². The number of likely N-dealkylation sites (tertiary alicyclic amines) is 1. The maximum Gasteiger partial charge on any atom is 0.225 e. The van der Waals surface area contributed by atoms with Gasteiger partial charge in [0.25, 0.3) is 0 Å². The first-order chi connectivity index (χ1) is 15.4. The third kappa shape index (κ3) is 5.80. The SMILES string of the molecule is CCc1ccc(C2CC(CS(=O)(=O)Cc3ccccc3)CN(C(=O)C3CCCC3)C2)cc1. The molecule has 2 aromatic rings. The molecule has 0 spiro atoms. The fraction of sp³-hybridized carbons (Fsp3) is 0.519. The van der Waals surface area contributed by atoms with Gasteiger partial charge in [0, 0.05) is 24.9 Å². The van der Waals surface area contributed by atoms with Gasteiger partial charge in [-0.2, -0.15) is 0 Å². The Bertz CT molecular complexity index is 995. The van der Waals surface area contributed by atoms with Crippen LogP contribution in [0.1, 0.15) is 61.6 Å². The summed E-state index contributed by atoms with van der Waals surface area (Å²) in [6.45, 7) is 3.41. The van der Waals surface area contributed by atoms with Gasteiger partial charge in [0.05, 0.1) is 11.5 Å². The molecule has 2 atom stereocenters. The van der Waals surface area contributed by atoms with Crippen LogP contribution in [0, 0.1) is 11.8 Å². The van der Waals surface area contributed by atoms with Gasteiger partial charge < -0.3 is 4.90 Å². The van der Waals surface area contributed by atoms with E-state index in [-0.39, 0.29) is 35.2 Å². The molecule has 5 heteroatoms. The van der Waals surface area contributed by atoms with Crippen LogP contribution in [0.4, 0.5) is 0 Å². The van der Waals surface area contributed by atoms with Crippen molar-refractivity contribution >= 4 is 15.7 Å². The molecule has 4 nitrogen and oxygen atoms in total. The van der Waals surface area contributed by atoms with E-state index < -0.39 is 9.84 Å². The van der Waals surface area contributed by atoms with E-state index in [4.69, 9.17) is 0 Å². The van der Waals surface area contributed by atoms with Gasteiger partial charge in [0.1, 0.15) is 0 Å². The Morgan fingerprint density at radius 1 is 0.938 bits per heavy atom. The maximum atomic E-state index is 13.3. The Morgan fingerprint density at radius 3 is 2.28 bits per heavy atom. The predicted octanol–water partition coefficient (Wildman–Crippen LogP) is 4.99. The molecular weight excluding hydrogens is 418 g/mol. The molecule has 0 radical (unpaired) electrons. The lowest BCUT2D eigenvalue weighted by molar-refractivity contribution is -0.137. The van der Waals surface area contributed by atoms with Crippen LogP contribution in [0.15, 0.2) is 54.6 Å². The van der Waals surface area contributed by atoms with Crippen molar-refractivity contribution in [1.82, 2.24) is 4.90 Å². The molecule has 1 saturated carbocycles. The maximum absolute atomic E-state index is 13.3. The normalized spacial score (nSPS) is 22.2. The molecule has 1 heterocycles. The van der Waals surface area contributed by atoms with E-state index in [0.717, 1.165) is 44.1 Å². The van der Waals surface area contributed by atoms with Crippen molar-refractivity contribution in [2.24, 2.45) is 11.8 Å². The summed E-state index contributed by atoms with van der Waals surface area (Å²) in [6.07, 6.45) is 6.01. The minimum absolute atomic E-state index is 0.0290. The highest BCUT2D eigenvalue weighted by atomic mass is 32.2. The van der Waals surface area contributed by atoms with E-state index in [1.807, 2.05) is 35.2 Å². The minimum Gasteiger partial charge on any atom is -0.342 e. The molecule has 1 aliphatic heterocycles. The van der Waals surface area contributed by atoms with Gasteiger partial charge in [-0.25, -0.2) is 8.42 Å². The van der Waals surface area contributed by atoms with Crippen LogP contribution in [0.5, 0.6) is 0 Å². The van der Waals surface area contributed by atoms with Gasteiger partial charge in [-0.3, -0.25) is 4.79 Å². The average Bonchev–Trinajstić information content (AvgIpc) is 3.33. The number of hydrogen-bond acceptors (Lipinski definition) is 3. The molecule has 1 amide bonds. The van der Waals surface area contributed by atoms with Crippen LogP contribution >= 0.6 is 0 Å². The summed E-state index contributed by atoms with van der Waals surface area (Å²) in [5.41, 5.74) is 3.34. The van der Waals surface area contributed by atoms with E-state index in [1.165, 1.54) is 11.1 Å². The van der Waals surface area contributed by atoms with E-state index in [1.54, 1.807) is 0 Å². The van der Waals surface area contributed by atoms with E-state index in [0.29, 0.717) is 13.1 Å². The fourth-order valence-electron chi connectivity index (χ4n) is 5.45. The van der Waals surface area contributed by atoms with E-state index >= 15 is 0 Å². The number of carbonyl (C=O) groups is 1. The highest BCUT2D eigenvalue weighted by Gasteiger charge is 2.36. The molecule has 1 saturated heterocycles. The summed E-state index contributed by atoms with van der Waals surface area (Å²) in [5.74, 6) is 0.729. The summed E-state index contributed by atoms with van der Waals surface area (Å²) < 4.78 is 26.0. The topological polar surface area (TPSA) is 54.5 Å². The Hall–Kier alpha value is -2.14. The number of amides is 1. The quantitative estimate of drug-likeness (QED) is 0.594. The molecule has 0 bridgehead atoms. The second kappa shape index (κ2) is 10.2. The molecule has 172 valence electrons. The van der Waals surface area contributed by atoms with Crippen molar-refractivity contribution in [3.8, 4) is 0 Å². The number of rotatable bonds is 7. The second-order valence-corrected chi connectivity index (χ2v) is 11.8. The van der Waals surface area contributed by atoms with Crippen LogP contribution in [0.2, 0.25) is 0 Å². The lowest BCUT2D eigenvalue weighted by Gasteiger charge is -2.39. The van der Waals surface area contributed by atoms with Gasteiger partial charge in [-0.1, -0.05) is 74.4 Å². The second-order valence-electron chi connectivity index (χ2n) is 9.66. The molecule has 2 aliphatic rings. The monoisotopic (exact) mass is 453 g/mol. The van der Waals surface area contributed by atoms with Crippen LogP contribution in [0.25, 0.3) is 0 Å². The summed E-state index contributed by atoms with van der Waals surface area (Å²) in [7, 11) is -3.26. The first kappa shape index (κ1) is 23.0. The zero-order chi connectivity index (χ0) is 22.6. The van der Waals surface area contributed by atoms with Crippen molar-refractivity contribution in [3.05, 3.63) is 71.3 Å². The smallest absolute Gasteiger partial charge is 0.225 e. The van der Waals surface area contributed by atoms with Crippen molar-refractivity contribution < 1.29 is 13.2 Å². The van der Waals surface area contributed by atoms with Gasteiger partial charge >= 0.3 is 0 Å². The average molecular weight is 454 g/mol. The molecule has 0 N–H and O–H groups in total. The summed E-state index contributed by atoms with van der Waals surface area (Å²) in [5, 5.41) is 0. The number of sulfone groups is 1. The molecule has 0 aromatic heterocycles. The minimum atomic E-state index is -3.26. The molecule has 4 rings (SSSR count). The zero-order valence-corrected chi connectivity index (χ0v) is 19.9. The molecule has 2 unspecified atom stereocenters. The number of aryl methyl sites for hydroxylation is 1. The van der Waals surface area contributed by atoms with Crippen LogP contribution in [0.3, 0.4) is 0 Å². The zero-order valence-electron chi connectivity index (χ0n) is 19.1. The number of benzene rings is 2. The Morgan fingerprint density at radius 2 is 1.62 bits per heavy atom. The van der Waals surface area contributed by atoms with Crippen LogP contribution in [-0.2, 0) is 26.8 Å². The fourth-order valence-corrected chi connectivity index (χ4v) is 7.23. The first-order valence-electron chi connectivity index (χ1n) is 12.1. The highest BCUT2D eigenvalue weighted by molar-refractivity contribution is 7.90. The molecule has 2 fully saturated rings. The summed E-state index contributed by atoms with van der Waals surface area (Å²) in [4.78, 5) is 15.2. The van der Waals surface area contributed by atoms with Gasteiger partial charge in [0.15, 0.2) is 9.84 Å². The Balaban J connectivity index is 1.52. The number of piperidine rings is 1. The van der Waals surface area contributed by atoms with E-state index in [2.05, 4.69) is 31.2 Å². The molecule has 1 aliphatic carbocycles.